The smallest absolute Gasteiger partial charge is 0.226 e. The van der Waals surface area contributed by atoms with Crippen molar-refractivity contribution >= 4 is 5.95 Å². The highest BCUT2D eigenvalue weighted by Crippen LogP contribution is 2.11. The fraction of sp³-hybridized carbons (Fsp3) is 0.636. The molecule has 0 aromatic carbocycles. The van der Waals surface area contributed by atoms with E-state index in [1.807, 2.05) is 19.9 Å². The standard InChI is InChI=1S/C11H20N4O/c1-4-12-6-7-13-11-14-9(3)8-10(15-11)16-5-2/h8,12H,4-7H2,1-3H3,(H,13,14,15). The molecule has 0 saturated heterocycles. The molecule has 0 saturated carbocycles. The second-order valence-electron chi connectivity index (χ2n) is 3.38. The van der Waals surface area contributed by atoms with E-state index >= 15 is 0 Å². The van der Waals surface area contributed by atoms with Gasteiger partial charge in [-0.05, 0) is 20.4 Å². The van der Waals surface area contributed by atoms with Gasteiger partial charge < -0.3 is 15.4 Å². The van der Waals surface area contributed by atoms with E-state index in [1.165, 1.54) is 0 Å². The molecule has 0 aliphatic rings. The molecule has 1 rings (SSSR count). The zero-order valence-electron chi connectivity index (χ0n) is 10.2. The average molecular weight is 224 g/mol. The highest BCUT2D eigenvalue weighted by molar-refractivity contribution is 5.30. The number of nitrogens with zero attached hydrogens (tertiary/aromatic N) is 2. The summed E-state index contributed by atoms with van der Waals surface area (Å²) in [6, 6.07) is 1.83. The third-order valence-electron chi connectivity index (χ3n) is 1.96. The lowest BCUT2D eigenvalue weighted by Crippen LogP contribution is -2.22. The molecule has 1 heterocycles. The fourth-order valence-corrected chi connectivity index (χ4v) is 1.28. The Balaban J connectivity index is 2.51. The van der Waals surface area contributed by atoms with Gasteiger partial charge in [0.25, 0.3) is 0 Å². The molecule has 0 aliphatic heterocycles. The predicted molar refractivity (Wildman–Crippen MR) is 65.0 cm³/mol. The molecule has 0 atom stereocenters. The molecule has 0 amide bonds. The highest BCUT2D eigenvalue weighted by Gasteiger charge is 2.01. The zero-order chi connectivity index (χ0) is 11.8. The van der Waals surface area contributed by atoms with Gasteiger partial charge in [0.1, 0.15) is 0 Å². The third-order valence-corrected chi connectivity index (χ3v) is 1.96. The first kappa shape index (κ1) is 12.7. The molecule has 90 valence electrons. The first-order chi connectivity index (χ1) is 7.76. The van der Waals surface area contributed by atoms with Gasteiger partial charge in [-0.15, -0.1) is 0 Å². The predicted octanol–water partition coefficient (Wildman–Crippen LogP) is 1.21. The number of aromatic nitrogens is 2. The Bertz CT molecular complexity index is 317. The molecule has 0 spiro atoms. The second-order valence-corrected chi connectivity index (χ2v) is 3.38. The van der Waals surface area contributed by atoms with E-state index in [0.717, 1.165) is 25.3 Å². The summed E-state index contributed by atoms with van der Waals surface area (Å²) in [6.45, 7) is 9.25. The molecule has 0 bridgehead atoms. The Morgan fingerprint density at radius 2 is 2.06 bits per heavy atom. The van der Waals surface area contributed by atoms with Crippen LogP contribution in [0, 0.1) is 6.92 Å². The number of ether oxygens (including phenoxy) is 1. The molecule has 0 aliphatic carbocycles. The van der Waals surface area contributed by atoms with Gasteiger partial charge in [-0.3, -0.25) is 0 Å². The molecule has 5 heteroatoms. The van der Waals surface area contributed by atoms with Crippen LogP contribution in [0.4, 0.5) is 5.95 Å². The normalized spacial score (nSPS) is 10.2. The van der Waals surface area contributed by atoms with Crippen molar-refractivity contribution in [1.29, 1.82) is 0 Å². The van der Waals surface area contributed by atoms with Gasteiger partial charge in [-0.2, -0.15) is 4.98 Å². The molecule has 1 aromatic heterocycles. The molecule has 16 heavy (non-hydrogen) atoms. The maximum Gasteiger partial charge on any atom is 0.226 e. The molecule has 5 nitrogen and oxygen atoms in total. The minimum Gasteiger partial charge on any atom is -0.478 e. The lowest BCUT2D eigenvalue weighted by Gasteiger charge is -2.08. The van der Waals surface area contributed by atoms with E-state index in [-0.39, 0.29) is 0 Å². The second kappa shape index (κ2) is 7.00. The van der Waals surface area contributed by atoms with Gasteiger partial charge in [0.2, 0.25) is 11.8 Å². The summed E-state index contributed by atoms with van der Waals surface area (Å²) in [4.78, 5) is 8.53. The molecular formula is C11H20N4O. The van der Waals surface area contributed by atoms with E-state index < -0.39 is 0 Å². The fourth-order valence-electron chi connectivity index (χ4n) is 1.28. The van der Waals surface area contributed by atoms with Crippen LogP contribution in [-0.4, -0.2) is 36.2 Å². The summed E-state index contributed by atoms with van der Waals surface area (Å²) in [5, 5.41) is 6.38. The quantitative estimate of drug-likeness (QED) is 0.682. The number of likely N-dealkylation sites (N-methyl/N-ethyl adjacent to an activating group) is 1. The van der Waals surface area contributed by atoms with E-state index in [4.69, 9.17) is 4.74 Å². The maximum atomic E-state index is 5.35. The van der Waals surface area contributed by atoms with Crippen LogP contribution in [0.3, 0.4) is 0 Å². The van der Waals surface area contributed by atoms with Crippen molar-refractivity contribution in [3.8, 4) is 5.88 Å². The van der Waals surface area contributed by atoms with Crippen LogP contribution in [0.25, 0.3) is 0 Å². The molecule has 0 unspecified atom stereocenters. The third kappa shape index (κ3) is 4.44. The first-order valence-electron chi connectivity index (χ1n) is 5.69. The maximum absolute atomic E-state index is 5.35. The highest BCUT2D eigenvalue weighted by atomic mass is 16.5. The van der Waals surface area contributed by atoms with Gasteiger partial charge in [0.05, 0.1) is 6.61 Å². The van der Waals surface area contributed by atoms with Gasteiger partial charge in [0, 0.05) is 24.8 Å². The van der Waals surface area contributed by atoms with Crippen LogP contribution >= 0.6 is 0 Å². The van der Waals surface area contributed by atoms with E-state index in [2.05, 4.69) is 27.5 Å². The van der Waals surface area contributed by atoms with Crippen molar-refractivity contribution in [2.75, 3.05) is 31.6 Å². The summed E-state index contributed by atoms with van der Waals surface area (Å²) < 4.78 is 5.35. The van der Waals surface area contributed by atoms with Gasteiger partial charge in [-0.1, -0.05) is 6.92 Å². The SMILES string of the molecule is CCNCCNc1nc(C)cc(OCC)n1. The van der Waals surface area contributed by atoms with Crippen molar-refractivity contribution in [3.63, 3.8) is 0 Å². The van der Waals surface area contributed by atoms with Gasteiger partial charge >= 0.3 is 0 Å². The Labute approximate surface area is 96.6 Å². The largest absolute Gasteiger partial charge is 0.478 e. The lowest BCUT2D eigenvalue weighted by atomic mass is 10.4. The van der Waals surface area contributed by atoms with Crippen LogP contribution in [-0.2, 0) is 0 Å². The summed E-state index contributed by atoms with van der Waals surface area (Å²) in [5.41, 5.74) is 0.907. The Morgan fingerprint density at radius 1 is 1.25 bits per heavy atom. The summed E-state index contributed by atoms with van der Waals surface area (Å²) >= 11 is 0. The first-order valence-corrected chi connectivity index (χ1v) is 5.69. The average Bonchev–Trinajstić information content (AvgIpc) is 2.24. The van der Waals surface area contributed by atoms with Crippen LogP contribution in [0.5, 0.6) is 5.88 Å². The van der Waals surface area contributed by atoms with E-state index in [0.29, 0.717) is 18.4 Å². The molecule has 0 radical (unpaired) electrons. The number of hydrogen-bond donors (Lipinski definition) is 2. The Morgan fingerprint density at radius 3 is 2.75 bits per heavy atom. The van der Waals surface area contributed by atoms with Crippen LogP contribution in [0.15, 0.2) is 6.07 Å². The number of anilines is 1. The van der Waals surface area contributed by atoms with Crippen molar-refractivity contribution in [1.82, 2.24) is 15.3 Å². The van der Waals surface area contributed by atoms with Crippen molar-refractivity contribution in [3.05, 3.63) is 11.8 Å². The van der Waals surface area contributed by atoms with Crippen molar-refractivity contribution in [2.45, 2.75) is 20.8 Å². The minimum absolute atomic E-state index is 0.618. The number of aryl methyl sites for hydroxylation is 1. The van der Waals surface area contributed by atoms with Crippen molar-refractivity contribution < 1.29 is 4.74 Å². The molecule has 1 aromatic rings. The van der Waals surface area contributed by atoms with E-state index in [1.54, 1.807) is 0 Å². The van der Waals surface area contributed by atoms with E-state index in [9.17, 15) is 0 Å². The summed E-state index contributed by atoms with van der Waals surface area (Å²) in [6.07, 6.45) is 0. The Kier molecular flexibility index (Phi) is 5.56. The molecule has 2 N–H and O–H groups in total. The lowest BCUT2D eigenvalue weighted by molar-refractivity contribution is 0.326. The van der Waals surface area contributed by atoms with Crippen LogP contribution in [0.2, 0.25) is 0 Å². The molecule has 0 fully saturated rings. The van der Waals surface area contributed by atoms with Gasteiger partial charge in [-0.25, -0.2) is 4.98 Å². The topological polar surface area (TPSA) is 59.1 Å². The van der Waals surface area contributed by atoms with Crippen molar-refractivity contribution in [2.24, 2.45) is 0 Å². The van der Waals surface area contributed by atoms with Gasteiger partial charge in [0.15, 0.2) is 0 Å². The summed E-state index contributed by atoms with van der Waals surface area (Å²) in [5.74, 6) is 1.25. The van der Waals surface area contributed by atoms with Crippen LogP contribution < -0.4 is 15.4 Å². The number of rotatable bonds is 7. The summed E-state index contributed by atoms with van der Waals surface area (Å²) in [7, 11) is 0. The number of nitrogens with one attached hydrogen (secondary N) is 2. The monoisotopic (exact) mass is 224 g/mol. The number of hydrogen-bond acceptors (Lipinski definition) is 5. The minimum atomic E-state index is 0.618. The molecular weight excluding hydrogens is 204 g/mol. The zero-order valence-corrected chi connectivity index (χ0v) is 10.2. The Hall–Kier alpha value is -1.36. The van der Waals surface area contributed by atoms with Crippen LogP contribution in [0.1, 0.15) is 19.5 Å².